The Bertz CT molecular complexity index is 1650. The van der Waals surface area contributed by atoms with Gasteiger partial charge in [0, 0.05) is 42.7 Å². The van der Waals surface area contributed by atoms with Crippen LogP contribution in [-0.2, 0) is 16.6 Å². The van der Waals surface area contributed by atoms with E-state index in [2.05, 4.69) is 10.00 Å². The lowest BCUT2D eigenvalue weighted by Gasteiger charge is -2.31. The first-order valence-electron chi connectivity index (χ1n) is 12.9. The summed E-state index contributed by atoms with van der Waals surface area (Å²) in [5, 5.41) is 11.2. The number of fused-ring (bicyclic) bond motifs is 2. The molecule has 38 heavy (non-hydrogen) atoms. The highest BCUT2D eigenvalue weighted by molar-refractivity contribution is 6.03. The van der Waals surface area contributed by atoms with Gasteiger partial charge in [-0.05, 0) is 62.6 Å². The largest absolute Gasteiger partial charge is 0.466 e. The topological polar surface area (TPSA) is 78.1 Å². The second-order valence-electron chi connectivity index (χ2n) is 9.81. The fraction of sp³-hybridized carbons (Fsp3) is 0.310. The van der Waals surface area contributed by atoms with Crippen LogP contribution < -0.4 is 4.90 Å². The minimum Gasteiger partial charge on any atom is -0.466 e. The van der Waals surface area contributed by atoms with Gasteiger partial charge in [0.05, 0.1) is 35.4 Å². The minimum absolute atomic E-state index is 0.0491. The van der Waals surface area contributed by atoms with Crippen LogP contribution in [0.25, 0.3) is 38.8 Å². The van der Waals surface area contributed by atoms with E-state index in [0.29, 0.717) is 12.3 Å². The van der Waals surface area contributed by atoms with E-state index < -0.39 is 0 Å². The fourth-order valence-corrected chi connectivity index (χ4v) is 5.45. The quantitative estimate of drug-likeness (QED) is 0.301. The van der Waals surface area contributed by atoms with Crippen molar-refractivity contribution in [3.8, 4) is 16.9 Å². The summed E-state index contributed by atoms with van der Waals surface area (Å²) in [5.41, 5.74) is 4.89. The predicted octanol–water partition coefficient (Wildman–Crippen LogP) is 5.20. The molecule has 0 unspecified atom stereocenters. The summed E-state index contributed by atoms with van der Waals surface area (Å²) in [6, 6.07) is 13.0. The predicted molar refractivity (Wildman–Crippen MR) is 145 cm³/mol. The smallest absolute Gasteiger partial charge is 0.309 e. The SMILES string of the molecule is CCOC(=O)C1CCN(c2ccc(-n3nc(-c4cccc5nn(C)cc45)c4cc(F)cc(C)c43)cn2)CC1. The van der Waals surface area contributed by atoms with Gasteiger partial charge >= 0.3 is 5.97 Å². The van der Waals surface area contributed by atoms with E-state index >= 15 is 0 Å². The van der Waals surface area contributed by atoms with Crippen molar-refractivity contribution >= 4 is 33.6 Å². The molecule has 1 aliphatic rings. The van der Waals surface area contributed by atoms with Crippen molar-refractivity contribution in [1.82, 2.24) is 24.5 Å². The average molecular weight is 513 g/mol. The molecule has 0 radical (unpaired) electrons. The number of hydrogen-bond acceptors (Lipinski definition) is 6. The number of pyridine rings is 1. The molecular formula is C29H29FN6O2. The zero-order chi connectivity index (χ0) is 26.4. The summed E-state index contributed by atoms with van der Waals surface area (Å²) in [6.45, 7) is 5.64. The maximum Gasteiger partial charge on any atom is 0.309 e. The van der Waals surface area contributed by atoms with Crippen molar-refractivity contribution in [2.45, 2.75) is 26.7 Å². The van der Waals surface area contributed by atoms with Crippen LogP contribution in [0.4, 0.5) is 10.2 Å². The summed E-state index contributed by atoms with van der Waals surface area (Å²) in [4.78, 5) is 19.0. The van der Waals surface area contributed by atoms with Gasteiger partial charge in [0.15, 0.2) is 0 Å². The minimum atomic E-state index is -0.297. The van der Waals surface area contributed by atoms with Gasteiger partial charge in [0.2, 0.25) is 0 Å². The summed E-state index contributed by atoms with van der Waals surface area (Å²) < 4.78 is 23.4. The third-order valence-corrected chi connectivity index (χ3v) is 7.27. The van der Waals surface area contributed by atoms with Crippen molar-refractivity contribution in [3.05, 3.63) is 66.2 Å². The molecule has 4 heterocycles. The Balaban J connectivity index is 1.36. The number of piperidine rings is 1. The van der Waals surface area contributed by atoms with E-state index in [1.54, 1.807) is 16.9 Å². The normalized spacial score (nSPS) is 14.5. The Morgan fingerprint density at radius 1 is 1.11 bits per heavy atom. The number of halogens is 1. The fourth-order valence-electron chi connectivity index (χ4n) is 5.45. The van der Waals surface area contributed by atoms with Gasteiger partial charge in [0.1, 0.15) is 17.3 Å². The molecule has 0 spiro atoms. The Kier molecular flexibility index (Phi) is 6.06. The number of nitrogens with zero attached hydrogens (tertiary/aromatic N) is 6. The number of anilines is 1. The molecule has 194 valence electrons. The van der Waals surface area contributed by atoms with E-state index in [-0.39, 0.29) is 17.7 Å². The van der Waals surface area contributed by atoms with Crippen molar-refractivity contribution in [2.24, 2.45) is 13.0 Å². The second kappa shape index (κ2) is 9.55. The van der Waals surface area contributed by atoms with Crippen LogP contribution >= 0.6 is 0 Å². The molecular weight excluding hydrogens is 483 g/mol. The van der Waals surface area contributed by atoms with Gasteiger partial charge < -0.3 is 9.64 Å². The van der Waals surface area contributed by atoms with E-state index in [0.717, 1.165) is 70.4 Å². The van der Waals surface area contributed by atoms with Crippen molar-refractivity contribution in [1.29, 1.82) is 0 Å². The lowest BCUT2D eigenvalue weighted by Crippen LogP contribution is -2.37. The molecule has 2 aromatic carbocycles. The molecule has 6 rings (SSSR count). The van der Waals surface area contributed by atoms with E-state index in [1.165, 1.54) is 6.07 Å². The summed E-state index contributed by atoms with van der Waals surface area (Å²) in [7, 11) is 1.89. The number of benzene rings is 2. The van der Waals surface area contributed by atoms with Gasteiger partial charge in [-0.1, -0.05) is 12.1 Å². The summed E-state index contributed by atoms with van der Waals surface area (Å²) in [6.07, 6.45) is 5.26. The summed E-state index contributed by atoms with van der Waals surface area (Å²) in [5.74, 6) is 0.405. The number of hydrogen-bond donors (Lipinski definition) is 0. The molecule has 0 amide bonds. The standard InChI is InChI=1S/C29H29FN6O2/c1-4-38-29(37)19-10-12-35(13-11-19)26-9-8-21(16-31-26)36-28-18(2)14-20(30)15-23(28)27(33-36)22-6-5-7-25-24(22)17-34(3)32-25/h5-9,14-17,19H,4,10-13H2,1-3H3. The first kappa shape index (κ1) is 24.1. The van der Waals surface area contributed by atoms with Crippen molar-refractivity contribution in [2.75, 3.05) is 24.6 Å². The first-order chi connectivity index (χ1) is 18.4. The number of rotatable bonds is 5. The lowest BCUT2D eigenvalue weighted by atomic mass is 9.97. The van der Waals surface area contributed by atoms with E-state index in [4.69, 9.17) is 14.8 Å². The van der Waals surface area contributed by atoms with Crippen LogP contribution in [-0.4, -0.2) is 50.2 Å². The lowest BCUT2D eigenvalue weighted by molar-refractivity contribution is -0.148. The molecule has 0 saturated carbocycles. The van der Waals surface area contributed by atoms with Gasteiger partial charge in [-0.2, -0.15) is 10.2 Å². The molecule has 0 bridgehead atoms. The molecule has 5 aromatic rings. The maximum atomic E-state index is 14.6. The van der Waals surface area contributed by atoms with Crippen molar-refractivity contribution < 1.29 is 13.9 Å². The molecule has 1 fully saturated rings. The highest BCUT2D eigenvalue weighted by atomic mass is 19.1. The average Bonchev–Trinajstić information content (AvgIpc) is 3.49. The van der Waals surface area contributed by atoms with Crippen LogP contribution in [0.15, 0.2) is 54.9 Å². The molecule has 1 saturated heterocycles. The zero-order valence-corrected chi connectivity index (χ0v) is 21.7. The molecule has 0 aliphatic carbocycles. The third kappa shape index (κ3) is 4.17. The highest BCUT2D eigenvalue weighted by Gasteiger charge is 2.27. The highest BCUT2D eigenvalue weighted by Crippen LogP contribution is 2.36. The van der Waals surface area contributed by atoms with Crippen LogP contribution in [0, 0.1) is 18.7 Å². The van der Waals surface area contributed by atoms with Crippen LogP contribution in [0.1, 0.15) is 25.3 Å². The summed E-state index contributed by atoms with van der Waals surface area (Å²) >= 11 is 0. The third-order valence-electron chi connectivity index (χ3n) is 7.27. The Morgan fingerprint density at radius 3 is 2.66 bits per heavy atom. The van der Waals surface area contributed by atoms with Gasteiger partial charge in [0.25, 0.3) is 0 Å². The Hall–Kier alpha value is -4.27. The number of esters is 1. The second-order valence-corrected chi connectivity index (χ2v) is 9.81. The number of carbonyl (C=O) groups excluding carboxylic acids is 1. The van der Waals surface area contributed by atoms with Crippen molar-refractivity contribution in [3.63, 3.8) is 0 Å². The molecule has 9 heteroatoms. The number of carbonyl (C=O) groups is 1. The van der Waals surface area contributed by atoms with E-state index in [1.807, 2.05) is 62.1 Å². The maximum absolute atomic E-state index is 14.6. The first-order valence-corrected chi connectivity index (χ1v) is 12.9. The number of aromatic nitrogens is 5. The Labute approximate surface area is 219 Å². The Morgan fingerprint density at radius 2 is 1.92 bits per heavy atom. The van der Waals surface area contributed by atoms with E-state index in [9.17, 15) is 9.18 Å². The molecule has 0 atom stereocenters. The van der Waals surface area contributed by atoms with Gasteiger partial charge in [-0.3, -0.25) is 9.48 Å². The molecule has 1 aliphatic heterocycles. The number of aryl methyl sites for hydroxylation is 2. The monoisotopic (exact) mass is 512 g/mol. The van der Waals surface area contributed by atoms with Crippen LogP contribution in [0.5, 0.6) is 0 Å². The van der Waals surface area contributed by atoms with Gasteiger partial charge in [-0.15, -0.1) is 0 Å². The zero-order valence-electron chi connectivity index (χ0n) is 21.7. The van der Waals surface area contributed by atoms with Crippen LogP contribution in [0.3, 0.4) is 0 Å². The molecule has 8 nitrogen and oxygen atoms in total. The molecule has 3 aromatic heterocycles. The van der Waals surface area contributed by atoms with Crippen LogP contribution in [0.2, 0.25) is 0 Å². The van der Waals surface area contributed by atoms with Gasteiger partial charge in [-0.25, -0.2) is 14.1 Å². The molecule has 0 N–H and O–H groups in total. The number of ether oxygens (including phenoxy) is 1.